The van der Waals surface area contributed by atoms with Gasteiger partial charge in [0.2, 0.25) is 0 Å². The van der Waals surface area contributed by atoms with Gasteiger partial charge >= 0.3 is 0 Å². The summed E-state index contributed by atoms with van der Waals surface area (Å²) in [7, 11) is 0. The van der Waals surface area contributed by atoms with E-state index in [0.717, 1.165) is 25.1 Å². The molecule has 0 radical (unpaired) electrons. The number of hydrogen-bond acceptors (Lipinski definition) is 3. The number of aryl methyl sites for hydroxylation is 2. The van der Waals surface area contributed by atoms with Crippen LogP contribution in [0.4, 0.5) is 0 Å². The molecule has 1 aromatic carbocycles. The van der Waals surface area contributed by atoms with E-state index >= 15 is 0 Å². The van der Waals surface area contributed by atoms with Crippen molar-refractivity contribution in [1.29, 1.82) is 0 Å². The molecule has 0 aliphatic carbocycles. The lowest BCUT2D eigenvalue weighted by Gasteiger charge is -2.07. The summed E-state index contributed by atoms with van der Waals surface area (Å²) in [5.41, 5.74) is 5.56. The Kier molecular flexibility index (Phi) is 4.63. The van der Waals surface area contributed by atoms with E-state index in [0.29, 0.717) is 12.2 Å². The zero-order chi connectivity index (χ0) is 16.2. The third kappa shape index (κ3) is 3.37. The van der Waals surface area contributed by atoms with Crippen LogP contribution in [0.5, 0.6) is 5.75 Å². The van der Waals surface area contributed by atoms with Gasteiger partial charge in [0.05, 0.1) is 5.69 Å². The Labute approximate surface area is 136 Å². The molecule has 4 heteroatoms. The Morgan fingerprint density at radius 2 is 2.04 bits per heavy atom. The Morgan fingerprint density at radius 1 is 1.17 bits per heavy atom. The molecule has 3 aromatic rings. The van der Waals surface area contributed by atoms with Crippen LogP contribution in [0, 0.1) is 6.92 Å². The van der Waals surface area contributed by atoms with Crippen LogP contribution >= 0.6 is 0 Å². The van der Waals surface area contributed by atoms with Crippen LogP contribution in [-0.4, -0.2) is 21.6 Å². The van der Waals surface area contributed by atoms with Crippen molar-refractivity contribution in [3.8, 4) is 5.75 Å². The van der Waals surface area contributed by atoms with Crippen LogP contribution in [0.25, 0.3) is 10.9 Å². The molecule has 0 aliphatic heterocycles. The van der Waals surface area contributed by atoms with Crippen LogP contribution in [0.15, 0.2) is 36.5 Å². The van der Waals surface area contributed by atoms with E-state index in [4.69, 9.17) is 0 Å². The van der Waals surface area contributed by atoms with Crippen molar-refractivity contribution < 1.29 is 5.11 Å². The van der Waals surface area contributed by atoms with Crippen LogP contribution in [0.1, 0.15) is 29.4 Å². The van der Waals surface area contributed by atoms with Crippen molar-refractivity contribution >= 4 is 10.9 Å². The highest BCUT2D eigenvalue weighted by atomic mass is 16.3. The summed E-state index contributed by atoms with van der Waals surface area (Å²) in [5.74, 6) is 0.253. The summed E-state index contributed by atoms with van der Waals surface area (Å²) in [6.45, 7) is 5.53. The van der Waals surface area contributed by atoms with Crippen LogP contribution in [0.3, 0.4) is 0 Å². The van der Waals surface area contributed by atoms with E-state index in [1.54, 1.807) is 6.07 Å². The number of aromatic nitrogens is 2. The largest absolute Gasteiger partial charge is 0.506 e. The molecule has 0 unspecified atom stereocenters. The third-order valence-electron chi connectivity index (χ3n) is 4.22. The van der Waals surface area contributed by atoms with Crippen LogP contribution in [-0.2, 0) is 19.4 Å². The zero-order valence-corrected chi connectivity index (χ0v) is 13.7. The fraction of sp³-hybridized carbons (Fsp3) is 0.316. The molecular weight excluding hydrogens is 286 g/mol. The van der Waals surface area contributed by atoms with Crippen molar-refractivity contribution in [2.75, 3.05) is 6.54 Å². The minimum atomic E-state index is 0.253. The van der Waals surface area contributed by atoms with E-state index in [1.807, 2.05) is 13.0 Å². The number of benzene rings is 1. The quantitative estimate of drug-likeness (QED) is 0.611. The lowest BCUT2D eigenvalue weighted by atomic mass is 10.1. The van der Waals surface area contributed by atoms with Crippen molar-refractivity contribution in [2.24, 2.45) is 0 Å². The second-order valence-corrected chi connectivity index (χ2v) is 5.85. The van der Waals surface area contributed by atoms with Gasteiger partial charge in [0.15, 0.2) is 0 Å². The molecule has 3 N–H and O–H groups in total. The smallest absolute Gasteiger partial charge is 0.138 e. The number of aromatic amines is 1. The number of rotatable bonds is 6. The molecular formula is C19H23N3O. The topological polar surface area (TPSA) is 60.9 Å². The number of fused-ring (bicyclic) bond motifs is 1. The molecule has 23 heavy (non-hydrogen) atoms. The van der Waals surface area contributed by atoms with E-state index < -0.39 is 0 Å². The number of aromatic hydroxyl groups is 1. The van der Waals surface area contributed by atoms with E-state index in [1.165, 1.54) is 22.0 Å². The summed E-state index contributed by atoms with van der Waals surface area (Å²) >= 11 is 0. The number of hydrogen-bond donors (Lipinski definition) is 3. The number of nitrogens with one attached hydrogen (secondary N) is 2. The predicted molar refractivity (Wildman–Crippen MR) is 93.7 cm³/mol. The summed E-state index contributed by atoms with van der Waals surface area (Å²) in [5, 5.41) is 14.5. The fourth-order valence-corrected chi connectivity index (χ4v) is 2.94. The van der Waals surface area contributed by atoms with Gasteiger partial charge in [-0.05, 0) is 49.6 Å². The lowest BCUT2D eigenvalue weighted by molar-refractivity contribution is 0.459. The monoisotopic (exact) mass is 309 g/mol. The minimum Gasteiger partial charge on any atom is -0.506 e. The van der Waals surface area contributed by atoms with Crippen molar-refractivity contribution in [3.63, 3.8) is 0 Å². The Balaban J connectivity index is 1.62. The Morgan fingerprint density at radius 3 is 2.87 bits per heavy atom. The molecule has 0 spiro atoms. The number of para-hydroxylation sites is 1. The molecule has 0 amide bonds. The first-order valence-corrected chi connectivity index (χ1v) is 8.13. The van der Waals surface area contributed by atoms with Gasteiger partial charge < -0.3 is 15.4 Å². The van der Waals surface area contributed by atoms with Gasteiger partial charge in [0.25, 0.3) is 0 Å². The lowest BCUT2D eigenvalue weighted by Crippen LogP contribution is -2.17. The molecule has 4 nitrogen and oxygen atoms in total. The molecule has 0 atom stereocenters. The second-order valence-electron chi connectivity index (χ2n) is 5.85. The highest BCUT2D eigenvalue weighted by Gasteiger charge is 2.07. The Hall–Kier alpha value is -2.33. The van der Waals surface area contributed by atoms with Crippen LogP contribution in [0.2, 0.25) is 0 Å². The maximum atomic E-state index is 9.81. The zero-order valence-electron chi connectivity index (χ0n) is 13.7. The summed E-state index contributed by atoms with van der Waals surface area (Å²) in [6.07, 6.45) is 4.08. The van der Waals surface area contributed by atoms with E-state index in [9.17, 15) is 5.11 Å². The highest BCUT2D eigenvalue weighted by Crippen LogP contribution is 2.22. The molecule has 0 saturated carbocycles. The highest BCUT2D eigenvalue weighted by molar-refractivity contribution is 5.86. The van der Waals surface area contributed by atoms with Crippen molar-refractivity contribution in [1.82, 2.24) is 15.3 Å². The fourth-order valence-electron chi connectivity index (χ4n) is 2.94. The van der Waals surface area contributed by atoms with Gasteiger partial charge in [-0.25, -0.2) is 0 Å². The van der Waals surface area contributed by atoms with Gasteiger partial charge in [-0.3, -0.25) is 4.98 Å². The van der Waals surface area contributed by atoms with Crippen molar-refractivity contribution in [2.45, 2.75) is 33.2 Å². The first kappa shape index (κ1) is 15.6. The molecule has 3 rings (SSSR count). The van der Waals surface area contributed by atoms with E-state index in [-0.39, 0.29) is 5.75 Å². The molecule has 0 saturated heterocycles. The van der Waals surface area contributed by atoms with Gasteiger partial charge in [-0.15, -0.1) is 0 Å². The first-order valence-electron chi connectivity index (χ1n) is 8.13. The second kappa shape index (κ2) is 6.84. The van der Waals surface area contributed by atoms with E-state index in [2.05, 4.69) is 46.6 Å². The SMILES string of the molecule is CCc1cccc2c(CCNCc3nc(C)ccc3O)c[nH]c12. The molecule has 0 aliphatic rings. The van der Waals surface area contributed by atoms with Gasteiger partial charge in [0.1, 0.15) is 5.75 Å². The minimum absolute atomic E-state index is 0.253. The standard InChI is InChI=1S/C19H23N3O/c1-3-14-5-4-6-16-15(11-21-19(14)16)9-10-20-12-17-18(23)8-7-13(2)22-17/h4-8,11,20-21,23H,3,9-10,12H2,1-2H3. The first-order chi connectivity index (χ1) is 11.2. The average Bonchev–Trinajstić information content (AvgIpc) is 2.98. The number of H-pyrrole nitrogens is 1. The number of nitrogens with zero attached hydrogens (tertiary/aromatic N) is 1. The van der Waals surface area contributed by atoms with Crippen molar-refractivity contribution in [3.05, 3.63) is 59.0 Å². The average molecular weight is 309 g/mol. The maximum absolute atomic E-state index is 9.81. The Bertz CT molecular complexity index is 807. The summed E-state index contributed by atoms with van der Waals surface area (Å²) in [4.78, 5) is 7.76. The van der Waals surface area contributed by atoms with Gasteiger partial charge in [0, 0.05) is 29.3 Å². The summed E-state index contributed by atoms with van der Waals surface area (Å²) in [6, 6.07) is 9.99. The van der Waals surface area contributed by atoms with Gasteiger partial charge in [-0.1, -0.05) is 25.1 Å². The molecule has 0 bridgehead atoms. The normalized spacial score (nSPS) is 11.2. The number of pyridine rings is 1. The third-order valence-corrected chi connectivity index (χ3v) is 4.22. The maximum Gasteiger partial charge on any atom is 0.138 e. The molecule has 0 fully saturated rings. The van der Waals surface area contributed by atoms with Gasteiger partial charge in [-0.2, -0.15) is 0 Å². The predicted octanol–water partition coefficient (Wildman–Crippen LogP) is 3.47. The molecule has 2 aromatic heterocycles. The summed E-state index contributed by atoms with van der Waals surface area (Å²) < 4.78 is 0. The molecule has 120 valence electrons. The van der Waals surface area contributed by atoms with Crippen LogP contribution < -0.4 is 5.32 Å². The molecule has 2 heterocycles.